The normalized spacial score (nSPS) is 12.3. The summed E-state index contributed by atoms with van der Waals surface area (Å²) in [5.41, 5.74) is -0.521. The second-order valence-electron chi connectivity index (χ2n) is 5.01. The van der Waals surface area contributed by atoms with Crippen molar-refractivity contribution in [3.63, 3.8) is 0 Å². The molecule has 0 fully saturated rings. The summed E-state index contributed by atoms with van der Waals surface area (Å²) in [4.78, 5) is 4.03. The van der Waals surface area contributed by atoms with Crippen molar-refractivity contribution in [2.24, 2.45) is 0 Å². The first-order chi connectivity index (χ1) is 11.3. The van der Waals surface area contributed by atoms with Gasteiger partial charge in [0.1, 0.15) is 4.90 Å². The first kappa shape index (κ1) is 16.3. The molecule has 0 aliphatic heterocycles. The fourth-order valence-electron chi connectivity index (χ4n) is 2.23. The first-order valence-electron chi connectivity index (χ1n) is 6.81. The number of alkyl halides is 3. The standard InChI is InChI=1S/C16H11F3N2O2S/c17-16(18,19)12-6-8-13(9-7-12)21-24(22,23)14-5-1-3-11-4-2-10-20-15(11)14/h1-10,21H. The smallest absolute Gasteiger partial charge is 0.280 e. The number of rotatable bonds is 3. The lowest BCUT2D eigenvalue weighted by molar-refractivity contribution is -0.137. The number of nitrogens with one attached hydrogen (secondary N) is 1. The Bertz CT molecular complexity index is 979. The summed E-state index contributed by atoms with van der Waals surface area (Å²) >= 11 is 0. The lowest BCUT2D eigenvalue weighted by Gasteiger charge is -2.11. The highest BCUT2D eigenvalue weighted by atomic mass is 32.2. The SMILES string of the molecule is O=S(=O)(Nc1ccc(C(F)(F)F)cc1)c1cccc2cccnc12. The van der Waals surface area contributed by atoms with Crippen molar-refractivity contribution in [2.75, 3.05) is 4.72 Å². The molecular formula is C16H11F3N2O2S. The molecule has 124 valence electrons. The van der Waals surface area contributed by atoms with Crippen molar-refractivity contribution in [3.8, 4) is 0 Å². The van der Waals surface area contributed by atoms with Gasteiger partial charge in [0.2, 0.25) is 0 Å². The second kappa shape index (κ2) is 5.79. The predicted molar refractivity (Wildman–Crippen MR) is 84.0 cm³/mol. The molecule has 0 unspecified atom stereocenters. The Morgan fingerprint density at radius 2 is 1.58 bits per heavy atom. The molecule has 3 rings (SSSR count). The minimum atomic E-state index is -4.48. The van der Waals surface area contributed by atoms with Crippen LogP contribution in [0.3, 0.4) is 0 Å². The van der Waals surface area contributed by atoms with Crippen LogP contribution in [0.5, 0.6) is 0 Å². The van der Waals surface area contributed by atoms with Crippen LogP contribution >= 0.6 is 0 Å². The van der Waals surface area contributed by atoms with Gasteiger partial charge in [-0.15, -0.1) is 0 Å². The van der Waals surface area contributed by atoms with Gasteiger partial charge in [0.15, 0.2) is 0 Å². The van der Waals surface area contributed by atoms with E-state index in [9.17, 15) is 21.6 Å². The third-order valence-electron chi connectivity index (χ3n) is 3.35. The van der Waals surface area contributed by atoms with Gasteiger partial charge in [-0.25, -0.2) is 8.42 Å². The number of fused-ring (bicyclic) bond motifs is 1. The van der Waals surface area contributed by atoms with E-state index in [1.54, 1.807) is 24.3 Å². The molecule has 0 aliphatic rings. The number of hydrogen-bond acceptors (Lipinski definition) is 3. The first-order valence-corrected chi connectivity index (χ1v) is 8.29. The molecule has 0 saturated heterocycles. The largest absolute Gasteiger partial charge is 0.416 e. The minimum Gasteiger partial charge on any atom is -0.280 e. The van der Waals surface area contributed by atoms with E-state index in [0.717, 1.165) is 24.3 Å². The Morgan fingerprint density at radius 1 is 0.917 bits per heavy atom. The number of aromatic nitrogens is 1. The van der Waals surface area contributed by atoms with E-state index < -0.39 is 21.8 Å². The maximum absolute atomic E-state index is 12.6. The Hall–Kier alpha value is -2.61. The van der Waals surface area contributed by atoms with Gasteiger partial charge in [-0.2, -0.15) is 13.2 Å². The zero-order valence-electron chi connectivity index (χ0n) is 12.1. The van der Waals surface area contributed by atoms with Gasteiger partial charge in [0.05, 0.1) is 11.1 Å². The number of hydrogen-bond donors (Lipinski definition) is 1. The number of para-hydroxylation sites is 1. The molecule has 0 aliphatic carbocycles. The van der Waals surface area contributed by atoms with Crippen LogP contribution in [0, 0.1) is 0 Å². The van der Waals surface area contributed by atoms with Crippen LogP contribution in [0.4, 0.5) is 18.9 Å². The molecule has 3 aromatic rings. The van der Waals surface area contributed by atoms with Gasteiger partial charge >= 0.3 is 6.18 Å². The summed E-state index contributed by atoms with van der Waals surface area (Å²) in [6.45, 7) is 0. The third kappa shape index (κ3) is 3.18. The number of anilines is 1. The molecule has 0 radical (unpaired) electrons. The quantitative estimate of drug-likeness (QED) is 0.773. The van der Waals surface area contributed by atoms with Gasteiger partial charge in [-0.1, -0.05) is 18.2 Å². The summed E-state index contributed by atoms with van der Waals surface area (Å²) in [6.07, 6.45) is -3.00. The molecule has 0 amide bonds. The van der Waals surface area contributed by atoms with Crippen molar-refractivity contribution in [1.82, 2.24) is 4.98 Å². The molecule has 1 heterocycles. The Morgan fingerprint density at radius 3 is 2.25 bits per heavy atom. The van der Waals surface area contributed by atoms with E-state index in [-0.39, 0.29) is 10.6 Å². The fourth-order valence-corrected chi connectivity index (χ4v) is 3.47. The zero-order chi connectivity index (χ0) is 17.4. The molecule has 1 aromatic heterocycles. The molecule has 24 heavy (non-hydrogen) atoms. The lowest BCUT2D eigenvalue weighted by atomic mass is 10.2. The minimum absolute atomic E-state index is 0.0379. The van der Waals surface area contributed by atoms with Crippen molar-refractivity contribution in [3.05, 3.63) is 66.4 Å². The monoisotopic (exact) mass is 352 g/mol. The zero-order valence-corrected chi connectivity index (χ0v) is 12.9. The summed E-state index contributed by atoms with van der Waals surface area (Å²) in [6, 6.07) is 11.9. The van der Waals surface area contributed by atoms with E-state index >= 15 is 0 Å². The highest BCUT2D eigenvalue weighted by molar-refractivity contribution is 7.93. The number of pyridine rings is 1. The van der Waals surface area contributed by atoms with E-state index in [4.69, 9.17) is 0 Å². The lowest BCUT2D eigenvalue weighted by Crippen LogP contribution is -2.14. The number of benzene rings is 2. The van der Waals surface area contributed by atoms with Crippen LogP contribution in [0.15, 0.2) is 65.7 Å². The maximum atomic E-state index is 12.6. The topological polar surface area (TPSA) is 59.1 Å². The van der Waals surface area contributed by atoms with Gasteiger partial charge in [-0.3, -0.25) is 9.71 Å². The highest BCUT2D eigenvalue weighted by Crippen LogP contribution is 2.30. The van der Waals surface area contributed by atoms with E-state index in [2.05, 4.69) is 9.71 Å². The average Bonchev–Trinajstić information content (AvgIpc) is 2.53. The van der Waals surface area contributed by atoms with Crippen LogP contribution in [0.1, 0.15) is 5.56 Å². The third-order valence-corrected chi connectivity index (χ3v) is 4.76. The second-order valence-corrected chi connectivity index (χ2v) is 6.66. The summed E-state index contributed by atoms with van der Waals surface area (Å²) in [7, 11) is -3.98. The van der Waals surface area contributed by atoms with Gasteiger partial charge in [0.25, 0.3) is 10.0 Å². The van der Waals surface area contributed by atoms with E-state index in [0.29, 0.717) is 10.9 Å². The van der Waals surface area contributed by atoms with Gasteiger partial charge in [0, 0.05) is 17.3 Å². The van der Waals surface area contributed by atoms with Crippen LogP contribution in [0.25, 0.3) is 10.9 Å². The Labute approximate surface area is 136 Å². The van der Waals surface area contributed by atoms with Crippen LogP contribution in [-0.2, 0) is 16.2 Å². The Kier molecular flexibility index (Phi) is 3.92. The molecule has 0 bridgehead atoms. The van der Waals surface area contributed by atoms with Gasteiger partial charge < -0.3 is 0 Å². The maximum Gasteiger partial charge on any atom is 0.416 e. The van der Waals surface area contributed by atoms with Crippen LogP contribution in [-0.4, -0.2) is 13.4 Å². The van der Waals surface area contributed by atoms with E-state index in [1.807, 2.05) is 0 Å². The predicted octanol–water partition coefficient (Wildman–Crippen LogP) is 4.05. The molecule has 4 nitrogen and oxygen atoms in total. The average molecular weight is 352 g/mol. The van der Waals surface area contributed by atoms with Crippen molar-refractivity contribution in [1.29, 1.82) is 0 Å². The van der Waals surface area contributed by atoms with Crippen LogP contribution < -0.4 is 4.72 Å². The summed E-state index contributed by atoms with van der Waals surface area (Å²) < 4.78 is 65.0. The van der Waals surface area contributed by atoms with Crippen molar-refractivity contribution >= 4 is 26.6 Å². The number of sulfonamides is 1. The molecular weight excluding hydrogens is 341 g/mol. The summed E-state index contributed by atoms with van der Waals surface area (Å²) in [5, 5.41) is 0.646. The number of halogens is 3. The molecule has 0 spiro atoms. The fraction of sp³-hybridized carbons (Fsp3) is 0.0625. The van der Waals surface area contributed by atoms with Gasteiger partial charge in [-0.05, 0) is 36.4 Å². The van der Waals surface area contributed by atoms with E-state index in [1.165, 1.54) is 12.3 Å². The highest BCUT2D eigenvalue weighted by Gasteiger charge is 2.30. The molecule has 0 saturated carbocycles. The number of nitrogens with zero attached hydrogens (tertiary/aromatic N) is 1. The molecule has 0 atom stereocenters. The summed E-state index contributed by atoms with van der Waals surface area (Å²) in [5.74, 6) is 0. The molecule has 2 aromatic carbocycles. The molecule has 1 N–H and O–H groups in total. The van der Waals surface area contributed by atoms with Crippen LogP contribution in [0.2, 0.25) is 0 Å². The molecule has 8 heteroatoms. The van der Waals surface area contributed by atoms with Crippen molar-refractivity contribution in [2.45, 2.75) is 11.1 Å². The van der Waals surface area contributed by atoms with Crippen molar-refractivity contribution < 1.29 is 21.6 Å². The Balaban J connectivity index is 1.96.